The molecule has 0 amide bonds. The monoisotopic (exact) mass is 363 g/mol. The Morgan fingerprint density at radius 3 is 2.38 bits per heavy atom. The van der Waals surface area contributed by atoms with Gasteiger partial charge in [0.05, 0.1) is 6.61 Å². The summed E-state index contributed by atoms with van der Waals surface area (Å²) in [5.41, 5.74) is 2.43. The summed E-state index contributed by atoms with van der Waals surface area (Å²) >= 11 is 0. The third-order valence-electron chi connectivity index (χ3n) is 3.80. The third-order valence-corrected chi connectivity index (χ3v) is 3.80. The first-order valence-corrected chi connectivity index (χ1v) is 8.93. The lowest BCUT2D eigenvalue weighted by Gasteiger charge is -2.21. The van der Waals surface area contributed by atoms with Crippen LogP contribution in [-0.4, -0.2) is 38.9 Å². The number of carbonyl (C=O) groups excluding carboxylic acids is 1. The molecule has 6 nitrogen and oxygen atoms in total. The molecule has 0 N–H and O–H groups in total. The Morgan fingerprint density at radius 2 is 1.81 bits per heavy atom. The van der Waals surface area contributed by atoms with E-state index in [9.17, 15) is 9.59 Å². The summed E-state index contributed by atoms with van der Waals surface area (Å²) in [7, 11) is 0. The van der Waals surface area contributed by atoms with Gasteiger partial charge in [0.25, 0.3) is 0 Å². The molecular weight excluding hydrogens is 334 g/mol. The SMILES string of the molecule is CCN(CC)c1ccc2c(C)cc(=O)oc2c1.CCOCCOC(C)=O. The molecule has 2 aromatic rings. The van der Waals surface area contributed by atoms with Crippen LogP contribution >= 0.6 is 0 Å². The summed E-state index contributed by atoms with van der Waals surface area (Å²) < 4.78 is 14.7. The molecule has 0 fully saturated rings. The lowest BCUT2D eigenvalue weighted by atomic mass is 10.1. The second kappa shape index (κ2) is 11.3. The van der Waals surface area contributed by atoms with E-state index in [0.29, 0.717) is 25.4 Å². The van der Waals surface area contributed by atoms with Gasteiger partial charge in [-0.15, -0.1) is 0 Å². The number of rotatable bonds is 7. The van der Waals surface area contributed by atoms with Crippen LogP contribution in [0, 0.1) is 6.92 Å². The van der Waals surface area contributed by atoms with Crippen LogP contribution in [0.3, 0.4) is 0 Å². The molecule has 0 aliphatic rings. The molecule has 0 radical (unpaired) electrons. The molecule has 0 bridgehead atoms. The van der Waals surface area contributed by atoms with E-state index in [0.717, 1.165) is 29.7 Å². The molecule has 0 aliphatic carbocycles. The van der Waals surface area contributed by atoms with Gasteiger partial charge in [0.15, 0.2) is 0 Å². The number of nitrogens with zero attached hydrogens (tertiary/aromatic N) is 1. The van der Waals surface area contributed by atoms with E-state index in [1.54, 1.807) is 0 Å². The van der Waals surface area contributed by atoms with E-state index in [1.807, 2.05) is 26.0 Å². The first kappa shape index (κ1) is 21.7. The molecule has 0 saturated carbocycles. The highest BCUT2D eigenvalue weighted by atomic mass is 16.6. The van der Waals surface area contributed by atoms with Crippen LogP contribution in [0.1, 0.15) is 33.3 Å². The van der Waals surface area contributed by atoms with E-state index in [2.05, 4.69) is 29.6 Å². The number of aryl methyl sites for hydroxylation is 1. The normalized spacial score (nSPS) is 10.2. The first-order chi connectivity index (χ1) is 12.4. The predicted molar refractivity (Wildman–Crippen MR) is 104 cm³/mol. The summed E-state index contributed by atoms with van der Waals surface area (Å²) in [5, 5.41) is 1.00. The van der Waals surface area contributed by atoms with Gasteiger partial charge in [-0.2, -0.15) is 0 Å². The van der Waals surface area contributed by atoms with E-state index in [1.165, 1.54) is 13.0 Å². The van der Waals surface area contributed by atoms with Gasteiger partial charge in [-0.3, -0.25) is 4.79 Å². The van der Waals surface area contributed by atoms with Crippen molar-refractivity contribution in [1.29, 1.82) is 0 Å². The fraction of sp³-hybridized carbons (Fsp3) is 0.500. The van der Waals surface area contributed by atoms with Crippen molar-refractivity contribution >= 4 is 22.6 Å². The molecule has 26 heavy (non-hydrogen) atoms. The van der Waals surface area contributed by atoms with Gasteiger partial charge in [-0.1, -0.05) is 0 Å². The van der Waals surface area contributed by atoms with Gasteiger partial charge in [0.2, 0.25) is 0 Å². The fourth-order valence-corrected chi connectivity index (χ4v) is 2.49. The Kier molecular flexibility index (Phi) is 9.44. The molecule has 1 aromatic carbocycles. The summed E-state index contributed by atoms with van der Waals surface area (Å²) in [5.74, 6) is -0.255. The molecule has 1 aromatic heterocycles. The molecule has 0 spiro atoms. The van der Waals surface area contributed by atoms with Crippen molar-refractivity contribution in [2.24, 2.45) is 0 Å². The van der Waals surface area contributed by atoms with Crippen molar-refractivity contribution in [2.75, 3.05) is 37.8 Å². The van der Waals surface area contributed by atoms with Gasteiger partial charge in [-0.05, 0) is 45.4 Å². The van der Waals surface area contributed by atoms with Crippen molar-refractivity contribution in [1.82, 2.24) is 0 Å². The highest BCUT2D eigenvalue weighted by molar-refractivity contribution is 5.83. The number of esters is 1. The molecular formula is C20H29NO5. The van der Waals surface area contributed by atoms with Gasteiger partial charge >= 0.3 is 11.6 Å². The van der Waals surface area contributed by atoms with Crippen LogP contribution in [0.4, 0.5) is 5.69 Å². The molecule has 0 atom stereocenters. The standard InChI is InChI=1S/C14H17NO2.C6H12O3/c1-4-15(5-2)11-6-7-12-10(3)8-14(16)17-13(12)9-11;1-3-8-4-5-9-6(2)7/h6-9H,4-5H2,1-3H3;3-5H2,1-2H3. The van der Waals surface area contributed by atoms with Crippen LogP contribution in [0.2, 0.25) is 0 Å². The summed E-state index contributed by atoms with van der Waals surface area (Å²) in [6.07, 6.45) is 0. The quantitative estimate of drug-likeness (QED) is 0.426. The number of anilines is 1. The molecule has 144 valence electrons. The van der Waals surface area contributed by atoms with Crippen LogP contribution < -0.4 is 10.5 Å². The fourth-order valence-electron chi connectivity index (χ4n) is 2.49. The average molecular weight is 363 g/mol. The lowest BCUT2D eigenvalue weighted by Crippen LogP contribution is -2.21. The third kappa shape index (κ3) is 6.88. The zero-order valence-electron chi connectivity index (χ0n) is 16.3. The minimum Gasteiger partial charge on any atom is -0.463 e. The minimum absolute atomic E-state index is 0.255. The summed E-state index contributed by atoms with van der Waals surface area (Å²) in [6.45, 7) is 12.8. The molecule has 0 aliphatic heterocycles. The molecule has 0 unspecified atom stereocenters. The zero-order valence-corrected chi connectivity index (χ0v) is 16.3. The maximum atomic E-state index is 11.3. The Labute approximate surface area is 154 Å². The topological polar surface area (TPSA) is 69.0 Å². The van der Waals surface area contributed by atoms with Gasteiger partial charge in [-0.25, -0.2) is 4.79 Å². The maximum Gasteiger partial charge on any atom is 0.336 e. The molecule has 0 saturated heterocycles. The van der Waals surface area contributed by atoms with Crippen molar-refractivity contribution in [3.8, 4) is 0 Å². The van der Waals surface area contributed by atoms with Crippen LogP contribution in [0.15, 0.2) is 33.5 Å². The Morgan fingerprint density at radius 1 is 1.12 bits per heavy atom. The number of carbonyl (C=O) groups is 1. The lowest BCUT2D eigenvalue weighted by molar-refractivity contribution is -0.142. The first-order valence-electron chi connectivity index (χ1n) is 8.93. The summed E-state index contributed by atoms with van der Waals surface area (Å²) in [6, 6.07) is 7.56. The highest BCUT2D eigenvalue weighted by Crippen LogP contribution is 2.23. The van der Waals surface area contributed by atoms with Gasteiger partial charge < -0.3 is 18.8 Å². The van der Waals surface area contributed by atoms with Crippen molar-refractivity contribution in [3.05, 3.63) is 40.2 Å². The maximum absolute atomic E-state index is 11.3. The largest absolute Gasteiger partial charge is 0.463 e. The smallest absolute Gasteiger partial charge is 0.336 e. The van der Waals surface area contributed by atoms with Gasteiger partial charge in [0.1, 0.15) is 12.2 Å². The Hall–Kier alpha value is -2.34. The number of benzene rings is 1. The van der Waals surface area contributed by atoms with Crippen LogP contribution in [0.25, 0.3) is 11.0 Å². The predicted octanol–water partition coefficient (Wildman–Crippen LogP) is 3.53. The van der Waals surface area contributed by atoms with E-state index >= 15 is 0 Å². The molecule has 6 heteroatoms. The second-order valence-corrected chi connectivity index (χ2v) is 5.64. The highest BCUT2D eigenvalue weighted by Gasteiger charge is 2.06. The molecule has 2 rings (SSSR count). The second-order valence-electron chi connectivity index (χ2n) is 5.64. The van der Waals surface area contributed by atoms with Crippen molar-refractivity contribution < 1.29 is 18.7 Å². The van der Waals surface area contributed by atoms with E-state index in [-0.39, 0.29) is 11.6 Å². The van der Waals surface area contributed by atoms with Crippen molar-refractivity contribution in [3.63, 3.8) is 0 Å². The van der Waals surface area contributed by atoms with Crippen LogP contribution in [-0.2, 0) is 14.3 Å². The number of hydrogen-bond donors (Lipinski definition) is 0. The van der Waals surface area contributed by atoms with Gasteiger partial charge in [0, 0.05) is 49.8 Å². The average Bonchev–Trinajstić information content (AvgIpc) is 2.60. The Bertz CT molecular complexity index is 749. The van der Waals surface area contributed by atoms with Crippen LogP contribution in [0.5, 0.6) is 0 Å². The zero-order chi connectivity index (χ0) is 19.5. The Balaban J connectivity index is 0.000000321. The molecule has 1 heterocycles. The van der Waals surface area contributed by atoms with E-state index in [4.69, 9.17) is 9.15 Å². The number of hydrogen-bond acceptors (Lipinski definition) is 6. The van der Waals surface area contributed by atoms with E-state index < -0.39 is 0 Å². The number of fused-ring (bicyclic) bond motifs is 1. The minimum atomic E-state index is -0.285. The van der Waals surface area contributed by atoms with Crippen molar-refractivity contribution in [2.45, 2.75) is 34.6 Å². The summed E-state index contributed by atoms with van der Waals surface area (Å²) in [4.78, 5) is 23.7. The number of ether oxygens (including phenoxy) is 2.